The summed E-state index contributed by atoms with van der Waals surface area (Å²) < 4.78 is 5.25. The van der Waals surface area contributed by atoms with Crippen molar-refractivity contribution in [3.8, 4) is 0 Å². The summed E-state index contributed by atoms with van der Waals surface area (Å²) in [5.41, 5.74) is 2.21. The smallest absolute Gasteiger partial charge is 0.252 e. The molecule has 0 radical (unpaired) electrons. The van der Waals surface area contributed by atoms with Crippen LogP contribution in [0.3, 0.4) is 0 Å². The standard InChI is InChI=1S/C14H21NO2S/c1-2-17-9-5-8-15-14(16)12-10-18-13-7-4-3-6-11(12)13/h10H,2-9H2,1H3,(H,15,16). The van der Waals surface area contributed by atoms with E-state index in [2.05, 4.69) is 5.32 Å². The zero-order valence-corrected chi connectivity index (χ0v) is 11.8. The van der Waals surface area contributed by atoms with Crippen LogP contribution < -0.4 is 5.32 Å². The van der Waals surface area contributed by atoms with Crippen molar-refractivity contribution in [1.82, 2.24) is 5.32 Å². The maximum atomic E-state index is 12.1. The van der Waals surface area contributed by atoms with Crippen molar-refractivity contribution >= 4 is 17.2 Å². The van der Waals surface area contributed by atoms with E-state index >= 15 is 0 Å². The van der Waals surface area contributed by atoms with Gasteiger partial charge in [-0.3, -0.25) is 4.79 Å². The Morgan fingerprint density at radius 2 is 2.28 bits per heavy atom. The van der Waals surface area contributed by atoms with E-state index in [1.54, 1.807) is 11.3 Å². The summed E-state index contributed by atoms with van der Waals surface area (Å²) >= 11 is 1.74. The molecule has 18 heavy (non-hydrogen) atoms. The number of fused-ring (bicyclic) bond motifs is 1. The summed E-state index contributed by atoms with van der Waals surface area (Å²) in [5.74, 6) is 0.0888. The Morgan fingerprint density at radius 1 is 1.44 bits per heavy atom. The van der Waals surface area contributed by atoms with Crippen LogP contribution in [-0.2, 0) is 17.6 Å². The Bertz CT molecular complexity index is 400. The lowest BCUT2D eigenvalue weighted by molar-refractivity contribution is 0.0943. The van der Waals surface area contributed by atoms with Crippen LogP contribution in [0.15, 0.2) is 5.38 Å². The minimum Gasteiger partial charge on any atom is -0.382 e. The zero-order chi connectivity index (χ0) is 12.8. The third-order valence-electron chi connectivity index (χ3n) is 3.26. The van der Waals surface area contributed by atoms with E-state index in [9.17, 15) is 4.79 Å². The molecule has 0 bridgehead atoms. The summed E-state index contributed by atoms with van der Waals surface area (Å²) in [6.45, 7) is 4.14. The Labute approximate surface area is 113 Å². The number of carbonyl (C=O) groups is 1. The summed E-state index contributed by atoms with van der Waals surface area (Å²) in [7, 11) is 0. The number of hydrogen-bond acceptors (Lipinski definition) is 3. The second-order valence-electron chi connectivity index (χ2n) is 4.56. The third kappa shape index (κ3) is 3.33. The first-order valence-electron chi connectivity index (χ1n) is 6.78. The fourth-order valence-corrected chi connectivity index (χ4v) is 3.43. The molecule has 0 saturated heterocycles. The lowest BCUT2D eigenvalue weighted by Gasteiger charge is -2.12. The molecule has 0 aliphatic heterocycles. The van der Waals surface area contributed by atoms with Crippen molar-refractivity contribution in [2.75, 3.05) is 19.8 Å². The first-order valence-corrected chi connectivity index (χ1v) is 7.66. The van der Waals surface area contributed by atoms with Crippen LogP contribution in [0.25, 0.3) is 0 Å². The summed E-state index contributed by atoms with van der Waals surface area (Å²) in [6, 6.07) is 0. The molecule has 3 nitrogen and oxygen atoms in total. The molecule has 0 unspecified atom stereocenters. The van der Waals surface area contributed by atoms with E-state index in [1.807, 2.05) is 12.3 Å². The molecule has 4 heteroatoms. The fraction of sp³-hybridized carbons (Fsp3) is 0.643. The van der Waals surface area contributed by atoms with Crippen LogP contribution in [0.5, 0.6) is 0 Å². The lowest BCUT2D eigenvalue weighted by Crippen LogP contribution is -2.26. The van der Waals surface area contributed by atoms with E-state index in [-0.39, 0.29) is 5.91 Å². The first-order chi connectivity index (χ1) is 8.83. The molecule has 0 aromatic carbocycles. The molecule has 1 N–H and O–H groups in total. The van der Waals surface area contributed by atoms with Crippen molar-refractivity contribution in [3.63, 3.8) is 0 Å². The molecule has 1 aliphatic rings. The predicted molar refractivity (Wildman–Crippen MR) is 74.4 cm³/mol. The molecule has 0 saturated carbocycles. The SMILES string of the molecule is CCOCCCNC(=O)c1csc2c1CCCC2. The van der Waals surface area contributed by atoms with Gasteiger partial charge in [-0.05, 0) is 44.6 Å². The number of nitrogens with one attached hydrogen (secondary N) is 1. The van der Waals surface area contributed by atoms with Gasteiger partial charge in [0.05, 0.1) is 5.56 Å². The monoisotopic (exact) mass is 267 g/mol. The van der Waals surface area contributed by atoms with Gasteiger partial charge in [0.25, 0.3) is 5.91 Å². The van der Waals surface area contributed by atoms with Crippen LogP contribution in [0.1, 0.15) is 47.0 Å². The number of thiophene rings is 1. The second kappa shape index (κ2) is 6.90. The molecule has 1 aliphatic carbocycles. The summed E-state index contributed by atoms with van der Waals surface area (Å²) in [4.78, 5) is 13.5. The average molecular weight is 267 g/mol. The topological polar surface area (TPSA) is 38.3 Å². The Hall–Kier alpha value is -0.870. The van der Waals surface area contributed by atoms with Gasteiger partial charge in [0.1, 0.15) is 0 Å². The maximum absolute atomic E-state index is 12.1. The van der Waals surface area contributed by atoms with E-state index in [0.717, 1.165) is 38.0 Å². The van der Waals surface area contributed by atoms with Gasteiger partial charge < -0.3 is 10.1 Å². The van der Waals surface area contributed by atoms with Gasteiger partial charge in [-0.15, -0.1) is 11.3 Å². The van der Waals surface area contributed by atoms with Crippen LogP contribution in [-0.4, -0.2) is 25.7 Å². The molecular weight excluding hydrogens is 246 g/mol. The highest BCUT2D eigenvalue weighted by molar-refractivity contribution is 7.10. The number of rotatable bonds is 6. The largest absolute Gasteiger partial charge is 0.382 e. The molecule has 100 valence electrons. The molecule has 1 amide bonds. The third-order valence-corrected chi connectivity index (χ3v) is 4.35. The molecule has 0 spiro atoms. The highest BCUT2D eigenvalue weighted by Crippen LogP contribution is 2.29. The van der Waals surface area contributed by atoms with Gasteiger partial charge in [0, 0.05) is 30.0 Å². The zero-order valence-electron chi connectivity index (χ0n) is 11.0. The van der Waals surface area contributed by atoms with Crippen molar-refractivity contribution in [2.45, 2.75) is 39.0 Å². The van der Waals surface area contributed by atoms with E-state index in [4.69, 9.17) is 4.74 Å². The molecule has 1 heterocycles. The van der Waals surface area contributed by atoms with Crippen molar-refractivity contribution in [3.05, 3.63) is 21.4 Å². The number of hydrogen-bond donors (Lipinski definition) is 1. The minimum absolute atomic E-state index is 0.0888. The normalized spacial score (nSPS) is 14.3. The second-order valence-corrected chi connectivity index (χ2v) is 5.53. The highest BCUT2D eigenvalue weighted by atomic mass is 32.1. The molecule has 0 atom stereocenters. The number of carbonyl (C=O) groups excluding carboxylic acids is 1. The highest BCUT2D eigenvalue weighted by Gasteiger charge is 2.19. The predicted octanol–water partition coefficient (Wildman–Crippen LogP) is 2.78. The first kappa shape index (κ1) is 13.6. The van der Waals surface area contributed by atoms with Crippen LogP contribution in [0, 0.1) is 0 Å². The quantitative estimate of drug-likeness (QED) is 0.805. The average Bonchev–Trinajstić information content (AvgIpc) is 2.82. The van der Waals surface area contributed by atoms with Gasteiger partial charge in [-0.25, -0.2) is 0 Å². The maximum Gasteiger partial charge on any atom is 0.252 e. The number of ether oxygens (including phenoxy) is 1. The van der Waals surface area contributed by atoms with Gasteiger partial charge in [0.2, 0.25) is 0 Å². The fourth-order valence-electron chi connectivity index (χ4n) is 2.30. The Morgan fingerprint density at radius 3 is 3.11 bits per heavy atom. The van der Waals surface area contributed by atoms with Crippen molar-refractivity contribution in [1.29, 1.82) is 0 Å². The summed E-state index contributed by atoms with van der Waals surface area (Å²) in [5, 5.41) is 5.00. The van der Waals surface area contributed by atoms with Gasteiger partial charge >= 0.3 is 0 Å². The molecule has 1 aromatic heterocycles. The Kier molecular flexibility index (Phi) is 5.20. The van der Waals surface area contributed by atoms with Gasteiger partial charge in [0.15, 0.2) is 0 Å². The van der Waals surface area contributed by atoms with E-state index in [1.165, 1.54) is 23.3 Å². The number of amides is 1. The summed E-state index contributed by atoms with van der Waals surface area (Å²) in [6.07, 6.45) is 5.58. The van der Waals surface area contributed by atoms with Crippen molar-refractivity contribution in [2.24, 2.45) is 0 Å². The Balaban J connectivity index is 1.83. The van der Waals surface area contributed by atoms with E-state index < -0.39 is 0 Å². The molecular formula is C14H21NO2S. The van der Waals surface area contributed by atoms with Gasteiger partial charge in [-0.1, -0.05) is 0 Å². The van der Waals surface area contributed by atoms with E-state index in [0.29, 0.717) is 6.54 Å². The van der Waals surface area contributed by atoms with Crippen molar-refractivity contribution < 1.29 is 9.53 Å². The van der Waals surface area contributed by atoms with Crippen LogP contribution in [0.4, 0.5) is 0 Å². The molecule has 0 fully saturated rings. The van der Waals surface area contributed by atoms with Gasteiger partial charge in [-0.2, -0.15) is 0 Å². The molecule has 1 aromatic rings. The van der Waals surface area contributed by atoms with Crippen LogP contribution >= 0.6 is 11.3 Å². The molecule has 2 rings (SSSR count). The lowest BCUT2D eigenvalue weighted by atomic mass is 9.96. The van der Waals surface area contributed by atoms with Crippen LogP contribution in [0.2, 0.25) is 0 Å². The minimum atomic E-state index is 0.0888. The number of aryl methyl sites for hydroxylation is 1.